The van der Waals surface area contributed by atoms with E-state index in [4.69, 9.17) is 2.56 Å². The van der Waals surface area contributed by atoms with Gasteiger partial charge in [-0.15, -0.1) is 0 Å². The van der Waals surface area contributed by atoms with Gasteiger partial charge in [-0.1, -0.05) is 27.7 Å². The monoisotopic (exact) mass is 161 g/mol. The first-order valence-corrected chi connectivity index (χ1v) is 1.99. The molecule has 0 radical (unpaired) electrons. The molecule has 0 aliphatic rings. The lowest BCUT2D eigenvalue weighted by Gasteiger charge is -1.48. The molecule has 2 atom stereocenters. The number of hydrogen-bond acceptors (Lipinski definition) is 1. The summed E-state index contributed by atoms with van der Waals surface area (Å²) in [7, 11) is 4.83. The summed E-state index contributed by atoms with van der Waals surface area (Å²) >= 11 is 0. The average molecular weight is 161 g/mol. The van der Waals surface area contributed by atoms with Gasteiger partial charge < -0.3 is 5.73 Å². The SMILES string of the molecule is C.CCC.CN.[2H]P.[2H]P. The lowest BCUT2D eigenvalue weighted by Crippen LogP contribution is -1.69. The van der Waals surface area contributed by atoms with Crippen molar-refractivity contribution in [1.29, 1.82) is 2.56 Å². The van der Waals surface area contributed by atoms with Gasteiger partial charge in [0.25, 0.3) is 0 Å². The molecule has 0 saturated heterocycles. The van der Waals surface area contributed by atoms with E-state index in [9.17, 15) is 0 Å². The van der Waals surface area contributed by atoms with Crippen LogP contribution in [0.4, 0.5) is 0 Å². The fraction of sp³-hybridized carbons (Fsp3) is 1.00. The first-order chi connectivity index (χ1) is 4.41. The van der Waals surface area contributed by atoms with Crippen LogP contribution < -0.4 is 5.73 Å². The molecule has 0 aliphatic carbocycles. The Hall–Kier alpha value is 0.820. The van der Waals surface area contributed by atoms with Crippen LogP contribution >= 0.6 is 19.7 Å². The summed E-state index contributed by atoms with van der Waals surface area (Å²) < 4.78 is 11.3. The van der Waals surface area contributed by atoms with Crippen molar-refractivity contribution >= 4 is 19.7 Å². The van der Waals surface area contributed by atoms with Crippen LogP contribution in [0.25, 0.3) is 0 Å². The molecule has 0 aromatic carbocycles. The van der Waals surface area contributed by atoms with Crippen molar-refractivity contribution in [1.82, 2.24) is 0 Å². The van der Waals surface area contributed by atoms with E-state index in [1.807, 2.05) is 0 Å². The van der Waals surface area contributed by atoms with Crippen LogP contribution in [0.15, 0.2) is 0 Å². The molecular weight excluding hydrogens is 136 g/mol. The summed E-state index contributed by atoms with van der Waals surface area (Å²) in [6.07, 6.45) is 1.25. The maximum absolute atomic E-state index is 5.67. The van der Waals surface area contributed by atoms with E-state index in [1.165, 1.54) is 13.5 Å². The highest BCUT2D eigenvalue weighted by molar-refractivity contribution is 6.92. The van der Waals surface area contributed by atoms with Crippen molar-refractivity contribution in [3.05, 3.63) is 0 Å². The lowest BCUT2D eigenvalue weighted by molar-refractivity contribution is 1.09. The van der Waals surface area contributed by atoms with E-state index in [0.29, 0.717) is 0 Å². The van der Waals surface area contributed by atoms with Gasteiger partial charge in [0.05, 0.1) is 2.56 Å². The molecule has 0 saturated carbocycles. The minimum absolute atomic E-state index is 0. The van der Waals surface area contributed by atoms with Gasteiger partial charge in [-0.3, -0.25) is 0 Å². The van der Waals surface area contributed by atoms with Crippen LogP contribution in [-0.2, 0) is 0 Å². The predicted molar refractivity (Wildman–Crippen MR) is 55.0 cm³/mol. The van der Waals surface area contributed by atoms with Crippen molar-refractivity contribution in [2.45, 2.75) is 27.7 Å². The molecule has 0 rings (SSSR count). The quantitative estimate of drug-likeness (QED) is 0.538. The maximum Gasteiger partial charge on any atom is 0.0511 e. The molecule has 0 aromatic rings. The minimum atomic E-state index is 0. The van der Waals surface area contributed by atoms with Gasteiger partial charge >= 0.3 is 0 Å². The average Bonchev–Trinajstić information content (AvgIpc) is 2.01. The fourth-order valence-electron chi connectivity index (χ4n) is 0. The van der Waals surface area contributed by atoms with Gasteiger partial charge in [0.2, 0.25) is 0 Å². The Kier molecular flexibility index (Phi) is 219. The Balaban J connectivity index is -0.0000000110. The number of hydrogen-bond donors (Lipinski definition) is 1. The van der Waals surface area contributed by atoms with Crippen LogP contribution in [0.1, 0.15) is 27.7 Å². The highest BCUT2D eigenvalue weighted by atomic mass is 31.0. The van der Waals surface area contributed by atoms with Crippen LogP contribution in [0.2, 0.25) is 0 Å². The Labute approximate surface area is 63.6 Å². The molecule has 58 valence electrons. The Morgan fingerprint density at radius 3 is 1.25 bits per heavy atom. The molecule has 0 aliphatic heterocycles. The Bertz CT molecular complexity index is 17.6. The van der Waals surface area contributed by atoms with E-state index in [1.54, 1.807) is 19.7 Å². The van der Waals surface area contributed by atoms with Crippen molar-refractivity contribution in [2.75, 3.05) is 7.05 Å². The van der Waals surface area contributed by atoms with Crippen molar-refractivity contribution < 1.29 is 0 Å². The summed E-state index contributed by atoms with van der Waals surface area (Å²) in [5.74, 6) is 0. The van der Waals surface area contributed by atoms with Gasteiger partial charge in [0.15, 0.2) is 0 Å². The third-order valence-corrected chi connectivity index (χ3v) is 0. The van der Waals surface area contributed by atoms with Crippen molar-refractivity contribution in [3.8, 4) is 0 Å². The fourth-order valence-corrected chi connectivity index (χ4v) is 0. The molecule has 0 aromatic heterocycles. The largest absolute Gasteiger partial charge is 0.333 e. The van der Waals surface area contributed by atoms with Crippen molar-refractivity contribution in [3.63, 3.8) is 0 Å². The summed E-state index contributed by atoms with van der Waals surface area (Å²) in [6, 6.07) is 0. The van der Waals surface area contributed by atoms with Crippen molar-refractivity contribution in [2.24, 2.45) is 5.73 Å². The topological polar surface area (TPSA) is 26.0 Å². The van der Waals surface area contributed by atoms with Gasteiger partial charge in [0.1, 0.15) is 0 Å². The van der Waals surface area contributed by atoms with Crippen LogP contribution in [-0.4, -0.2) is 9.60 Å². The third kappa shape index (κ3) is 344. The molecule has 3 heteroatoms. The van der Waals surface area contributed by atoms with Gasteiger partial charge in [-0.05, 0) is 7.05 Å². The first kappa shape index (κ1) is 15.9. The van der Waals surface area contributed by atoms with Crippen LogP contribution in [0, 0.1) is 0 Å². The second kappa shape index (κ2) is 110. The molecule has 0 bridgehead atoms. The smallest absolute Gasteiger partial charge is 0.0511 e. The van der Waals surface area contributed by atoms with Gasteiger partial charge in [-0.2, -0.15) is 19.7 Å². The normalized spacial score (nSPS) is 4.75. The highest BCUT2D eigenvalue weighted by Gasteiger charge is 1.35. The standard InChI is InChI=1S/C3H8.CH5N.CH4.2H3P/c1-3-2;1-2;;;/h3H2,1-2H3;2H2,1H3;1H4;2*1H3/i;;;2*1D. The minimum Gasteiger partial charge on any atom is -0.333 e. The molecule has 1 nitrogen and oxygen atoms in total. The van der Waals surface area contributed by atoms with E-state index in [0.717, 1.165) is 0 Å². The van der Waals surface area contributed by atoms with Gasteiger partial charge in [0, 0.05) is 0 Å². The highest BCUT2D eigenvalue weighted by Crippen LogP contribution is 1.56. The van der Waals surface area contributed by atoms with E-state index in [2.05, 4.69) is 19.6 Å². The molecule has 0 heterocycles. The molecule has 0 fully saturated rings. The molecule has 8 heavy (non-hydrogen) atoms. The lowest BCUT2D eigenvalue weighted by atomic mass is 10.6. The maximum atomic E-state index is 5.67. The summed E-state index contributed by atoms with van der Waals surface area (Å²) in [5.41, 5.74) is 4.50. The second-order valence-electron chi connectivity index (χ2n) is 0.707. The zero-order valence-corrected chi connectivity index (χ0v) is 7.75. The molecular formula is C5H23NP2. The van der Waals surface area contributed by atoms with Gasteiger partial charge in [-0.25, -0.2) is 0 Å². The Morgan fingerprint density at radius 1 is 1.25 bits per heavy atom. The van der Waals surface area contributed by atoms with E-state index in [-0.39, 0.29) is 7.43 Å². The molecule has 2 N–H and O–H groups in total. The molecule has 0 amide bonds. The molecule has 2 unspecified atom stereocenters. The van der Waals surface area contributed by atoms with Crippen LogP contribution in [0.3, 0.4) is 0 Å². The first-order valence-electron chi connectivity index (χ1n) is 3.15. The summed E-state index contributed by atoms with van der Waals surface area (Å²) in [5, 5.41) is 0. The van der Waals surface area contributed by atoms with E-state index >= 15 is 0 Å². The number of rotatable bonds is 0. The third-order valence-electron chi connectivity index (χ3n) is 0. The zero-order valence-electron chi connectivity index (χ0n) is 7.44. The summed E-state index contributed by atoms with van der Waals surface area (Å²) in [6.45, 7) is 4.25. The van der Waals surface area contributed by atoms with Crippen LogP contribution in [0.5, 0.6) is 0 Å². The zero-order chi connectivity index (χ0) is 8.71. The second-order valence-corrected chi connectivity index (χ2v) is 0.707. The Morgan fingerprint density at radius 2 is 1.25 bits per heavy atom. The van der Waals surface area contributed by atoms with E-state index < -0.39 is 0 Å². The predicted octanol–water partition coefficient (Wildman–Crippen LogP) is 1.74. The molecule has 0 spiro atoms. The summed E-state index contributed by atoms with van der Waals surface area (Å²) in [4.78, 5) is 0. The number of nitrogens with two attached hydrogens (primary N) is 1.